The van der Waals surface area contributed by atoms with Crippen molar-refractivity contribution in [1.29, 1.82) is 0 Å². The van der Waals surface area contributed by atoms with Crippen molar-refractivity contribution in [2.24, 2.45) is 5.92 Å². The Bertz CT molecular complexity index is 323. The summed E-state index contributed by atoms with van der Waals surface area (Å²) < 4.78 is 4.75. The zero-order valence-electron chi connectivity index (χ0n) is 8.43. The van der Waals surface area contributed by atoms with Crippen LogP contribution in [0.4, 0.5) is 0 Å². The summed E-state index contributed by atoms with van der Waals surface area (Å²) in [5.41, 5.74) is 1.05. The molecule has 0 saturated carbocycles. The average molecular weight is 210 g/mol. The van der Waals surface area contributed by atoms with Gasteiger partial charge in [0.15, 0.2) is 0 Å². The Morgan fingerprint density at radius 1 is 1.73 bits per heavy atom. The smallest absolute Gasteiger partial charge is 0.303 e. The van der Waals surface area contributed by atoms with Gasteiger partial charge in [0.25, 0.3) is 0 Å². The lowest BCUT2D eigenvalue weighted by atomic mass is 10.1. The topological polar surface area (TPSA) is 66.6 Å². The van der Waals surface area contributed by atoms with Gasteiger partial charge < -0.3 is 9.63 Å². The summed E-state index contributed by atoms with van der Waals surface area (Å²) in [6, 6.07) is 0. The summed E-state index contributed by atoms with van der Waals surface area (Å²) in [4.78, 5) is 12.8. The number of aromatic nitrogens is 1. The molecule has 1 aromatic heterocycles. The fourth-order valence-electron chi connectivity index (χ4n) is 2.03. The van der Waals surface area contributed by atoms with E-state index in [1.807, 2.05) is 0 Å². The van der Waals surface area contributed by atoms with Crippen molar-refractivity contribution in [1.82, 2.24) is 10.1 Å². The first-order chi connectivity index (χ1) is 7.24. The number of carboxylic acid groups (broad SMARTS) is 1. The lowest BCUT2D eigenvalue weighted by Crippen LogP contribution is -2.20. The molecule has 2 heterocycles. The maximum atomic E-state index is 10.5. The highest BCUT2D eigenvalue weighted by atomic mass is 16.5. The number of nitrogens with zero attached hydrogens (tertiary/aromatic N) is 2. The molecule has 15 heavy (non-hydrogen) atoms. The fourth-order valence-corrected chi connectivity index (χ4v) is 2.03. The van der Waals surface area contributed by atoms with Crippen molar-refractivity contribution >= 4 is 5.97 Å². The van der Waals surface area contributed by atoms with Crippen LogP contribution in [-0.2, 0) is 11.3 Å². The molecule has 1 fully saturated rings. The average Bonchev–Trinajstić information content (AvgIpc) is 2.77. The molecule has 82 valence electrons. The van der Waals surface area contributed by atoms with Gasteiger partial charge in [-0.05, 0) is 18.9 Å². The molecule has 0 aromatic carbocycles. The molecule has 5 heteroatoms. The van der Waals surface area contributed by atoms with Crippen molar-refractivity contribution in [2.75, 3.05) is 13.1 Å². The Morgan fingerprint density at radius 3 is 3.27 bits per heavy atom. The lowest BCUT2D eigenvalue weighted by molar-refractivity contribution is -0.138. The minimum absolute atomic E-state index is 0.278. The fraction of sp³-hybridized carbons (Fsp3) is 0.600. The number of carboxylic acids is 1. The molecule has 0 aliphatic carbocycles. The van der Waals surface area contributed by atoms with Crippen LogP contribution in [0.2, 0.25) is 0 Å². The molecule has 2 rings (SSSR count). The number of rotatable bonds is 4. The van der Waals surface area contributed by atoms with Gasteiger partial charge in [0.1, 0.15) is 6.26 Å². The van der Waals surface area contributed by atoms with E-state index < -0.39 is 5.97 Å². The summed E-state index contributed by atoms with van der Waals surface area (Å²) >= 11 is 0. The largest absolute Gasteiger partial charge is 0.481 e. The van der Waals surface area contributed by atoms with Gasteiger partial charge in [-0.15, -0.1) is 0 Å². The first-order valence-corrected chi connectivity index (χ1v) is 5.06. The third-order valence-corrected chi connectivity index (χ3v) is 2.72. The Hall–Kier alpha value is -1.36. The quantitative estimate of drug-likeness (QED) is 0.802. The molecule has 0 bridgehead atoms. The summed E-state index contributed by atoms with van der Waals surface area (Å²) in [7, 11) is 0. The van der Waals surface area contributed by atoms with Crippen LogP contribution < -0.4 is 0 Å². The number of likely N-dealkylation sites (tertiary alicyclic amines) is 1. The summed E-state index contributed by atoms with van der Waals surface area (Å²) in [6.45, 7) is 2.63. The van der Waals surface area contributed by atoms with Crippen LogP contribution in [0.5, 0.6) is 0 Å². The Balaban J connectivity index is 1.80. The molecule has 1 saturated heterocycles. The van der Waals surface area contributed by atoms with Crippen molar-refractivity contribution in [3.8, 4) is 0 Å². The molecule has 1 atom stereocenters. The van der Waals surface area contributed by atoms with Gasteiger partial charge in [-0.3, -0.25) is 9.69 Å². The third-order valence-electron chi connectivity index (χ3n) is 2.72. The molecular weight excluding hydrogens is 196 g/mol. The van der Waals surface area contributed by atoms with E-state index in [1.54, 1.807) is 12.5 Å². The standard InChI is InChI=1S/C10H14N2O3/c13-10(14)3-8-1-2-12(5-8)6-9-4-11-15-7-9/h4,7-8H,1-3,5-6H2,(H,13,14). The first-order valence-electron chi connectivity index (χ1n) is 5.06. The van der Waals surface area contributed by atoms with Gasteiger partial charge in [-0.25, -0.2) is 0 Å². The molecule has 0 spiro atoms. The van der Waals surface area contributed by atoms with E-state index in [0.717, 1.165) is 31.6 Å². The Morgan fingerprint density at radius 2 is 2.60 bits per heavy atom. The van der Waals surface area contributed by atoms with E-state index >= 15 is 0 Å². The van der Waals surface area contributed by atoms with Crippen molar-refractivity contribution < 1.29 is 14.4 Å². The first kappa shape index (κ1) is 10.2. The van der Waals surface area contributed by atoms with Gasteiger partial charge in [-0.1, -0.05) is 5.16 Å². The van der Waals surface area contributed by atoms with Crippen LogP contribution in [0, 0.1) is 5.92 Å². The van der Waals surface area contributed by atoms with E-state index in [0.29, 0.717) is 5.92 Å². The molecule has 1 aliphatic heterocycles. The van der Waals surface area contributed by atoms with Crippen LogP contribution in [0.1, 0.15) is 18.4 Å². The van der Waals surface area contributed by atoms with Crippen LogP contribution in [0.3, 0.4) is 0 Å². The number of carbonyl (C=O) groups is 1. The van der Waals surface area contributed by atoms with E-state index in [4.69, 9.17) is 9.63 Å². The van der Waals surface area contributed by atoms with Gasteiger partial charge in [0.2, 0.25) is 0 Å². The predicted molar refractivity (Wildman–Crippen MR) is 52.1 cm³/mol. The van der Waals surface area contributed by atoms with Crippen molar-refractivity contribution in [3.63, 3.8) is 0 Å². The lowest BCUT2D eigenvalue weighted by Gasteiger charge is -2.13. The molecule has 0 radical (unpaired) electrons. The molecule has 1 unspecified atom stereocenters. The van der Waals surface area contributed by atoms with Crippen LogP contribution in [0.25, 0.3) is 0 Å². The summed E-state index contributed by atoms with van der Waals surface area (Å²) in [5.74, 6) is -0.408. The normalized spacial score (nSPS) is 22.0. The molecule has 1 aliphatic rings. The number of hydrogen-bond donors (Lipinski definition) is 1. The maximum Gasteiger partial charge on any atom is 0.303 e. The second kappa shape index (κ2) is 4.44. The van der Waals surface area contributed by atoms with Gasteiger partial charge in [0.05, 0.1) is 6.20 Å². The SMILES string of the molecule is O=C(O)CC1CCN(Cc2cnoc2)C1. The van der Waals surface area contributed by atoms with E-state index in [2.05, 4.69) is 10.1 Å². The second-order valence-corrected chi connectivity index (χ2v) is 4.02. The van der Waals surface area contributed by atoms with Crippen LogP contribution >= 0.6 is 0 Å². The summed E-state index contributed by atoms with van der Waals surface area (Å²) in [6.07, 6.45) is 4.58. The molecule has 0 amide bonds. The van der Waals surface area contributed by atoms with Crippen molar-refractivity contribution in [2.45, 2.75) is 19.4 Å². The van der Waals surface area contributed by atoms with Crippen molar-refractivity contribution in [3.05, 3.63) is 18.0 Å². The second-order valence-electron chi connectivity index (χ2n) is 4.02. The third kappa shape index (κ3) is 2.79. The number of hydrogen-bond acceptors (Lipinski definition) is 4. The highest BCUT2D eigenvalue weighted by Gasteiger charge is 2.24. The zero-order valence-corrected chi connectivity index (χ0v) is 8.43. The van der Waals surface area contributed by atoms with E-state index in [1.165, 1.54) is 0 Å². The zero-order chi connectivity index (χ0) is 10.7. The van der Waals surface area contributed by atoms with Gasteiger partial charge in [-0.2, -0.15) is 0 Å². The summed E-state index contributed by atoms with van der Waals surface area (Å²) in [5, 5.41) is 12.3. The highest BCUT2D eigenvalue weighted by molar-refractivity contribution is 5.67. The van der Waals surface area contributed by atoms with Gasteiger partial charge >= 0.3 is 5.97 Å². The maximum absolute atomic E-state index is 10.5. The molecular formula is C10H14N2O3. The van der Waals surface area contributed by atoms with Gasteiger partial charge in [0, 0.05) is 25.1 Å². The molecule has 1 aromatic rings. The minimum Gasteiger partial charge on any atom is -0.481 e. The highest BCUT2D eigenvalue weighted by Crippen LogP contribution is 2.21. The monoisotopic (exact) mass is 210 g/mol. The van der Waals surface area contributed by atoms with Crippen LogP contribution in [-0.4, -0.2) is 34.2 Å². The van der Waals surface area contributed by atoms with Crippen LogP contribution in [0.15, 0.2) is 17.0 Å². The number of aliphatic carboxylic acids is 1. The van der Waals surface area contributed by atoms with E-state index in [-0.39, 0.29) is 6.42 Å². The molecule has 5 nitrogen and oxygen atoms in total. The predicted octanol–water partition coefficient (Wildman–Crippen LogP) is 0.971. The van der Waals surface area contributed by atoms with E-state index in [9.17, 15) is 4.79 Å². The molecule has 1 N–H and O–H groups in total. The minimum atomic E-state index is -0.702. The Labute approximate surface area is 87.7 Å². The Kier molecular flexibility index (Phi) is 3.01.